The molecular weight excluding hydrogens is 197 g/mol. The largest absolute Gasteiger partial charge is 0.461 e. The molecule has 15 heavy (non-hydrogen) atoms. The fraction of sp³-hybridized carbons (Fsp3) is 0.182. The van der Waals surface area contributed by atoms with E-state index >= 15 is 0 Å². The molecule has 2 aromatic rings. The molecule has 0 fully saturated rings. The summed E-state index contributed by atoms with van der Waals surface area (Å²) < 4.78 is 17.8. The SMILES string of the molecule is CC(=O)OCc1c[nH]c2ccc(F)cc12. The number of fused-ring (bicyclic) bond motifs is 1. The topological polar surface area (TPSA) is 42.1 Å². The molecule has 3 nitrogen and oxygen atoms in total. The fourth-order valence-electron chi connectivity index (χ4n) is 1.45. The van der Waals surface area contributed by atoms with Gasteiger partial charge in [0.2, 0.25) is 0 Å². The number of benzene rings is 1. The molecule has 1 aromatic heterocycles. The monoisotopic (exact) mass is 207 g/mol. The highest BCUT2D eigenvalue weighted by atomic mass is 19.1. The first kappa shape index (κ1) is 9.71. The van der Waals surface area contributed by atoms with E-state index in [0.717, 1.165) is 16.5 Å². The van der Waals surface area contributed by atoms with Crippen molar-refractivity contribution in [2.75, 3.05) is 0 Å². The van der Waals surface area contributed by atoms with Crippen molar-refractivity contribution in [3.05, 3.63) is 35.8 Å². The number of H-pyrrole nitrogens is 1. The average molecular weight is 207 g/mol. The highest BCUT2D eigenvalue weighted by molar-refractivity contribution is 5.83. The summed E-state index contributed by atoms with van der Waals surface area (Å²) in [7, 11) is 0. The molecule has 4 heteroatoms. The van der Waals surface area contributed by atoms with E-state index in [2.05, 4.69) is 4.98 Å². The number of carbonyl (C=O) groups is 1. The molecular formula is C11H10FNO2. The minimum absolute atomic E-state index is 0.165. The summed E-state index contributed by atoms with van der Waals surface area (Å²) in [5.74, 6) is -0.646. The molecule has 1 N–H and O–H groups in total. The number of aromatic nitrogens is 1. The van der Waals surface area contributed by atoms with Crippen LogP contribution in [0.15, 0.2) is 24.4 Å². The summed E-state index contributed by atoms with van der Waals surface area (Å²) in [5.41, 5.74) is 1.61. The zero-order valence-electron chi connectivity index (χ0n) is 8.21. The number of hydrogen-bond donors (Lipinski definition) is 1. The molecule has 0 bridgehead atoms. The van der Waals surface area contributed by atoms with E-state index in [1.807, 2.05) is 0 Å². The van der Waals surface area contributed by atoms with Crippen LogP contribution in [0.2, 0.25) is 0 Å². The van der Waals surface area contributed by atoms with Crippen LogP contribution in [0.4, 0.5) is 4.39 Å². The van der Waals surface area contributed by atoms with E-state index in [9.17, 15) is 9.18 Å². The molecule has 0 aliphatic rings. The van der Waals surface area contributed by atoms with Gasteiger partial charge in [0, 0.05) is 29.6 Å². The number of hydrogen-bond acceptors (Lipinski definition) is 2. The Hall–Kier alpha value is -1.84. The molecule has 0 aliphatic carbocycles. The second-order valence-corrected chi connectivity index (χ2v) is 3.28. The third kappa shape index (κ3) is 1.98. The molecule has 0 spiro atoms. The summed E-state index contributed by atoms with van der Waals surface area (Å²) in [6, 6.07) is 4.46. The lowest BCUT2D eigenvalue weighted by Gasteiger charge is -1.99. The zero-order chi connectivity index (χ0) is 10.8. The van der Waals surface area contributed by atoms with Crippen LogP contribution < -0.4 is 0 Å². The van der Waals surface area contributed by atoms with Crippen LogP contribution >= 0.6 is 0 Å². The highest BCUT2D eigenvalue weighted by Gasteiger charge is 2.05. The standard InChI is InChI=1S/C11H10FNO2/c1-7(14)15-6-8-5-13-11-3-2-9(12)4-10(8)11/h2-5,13H,6H2,1H3. The first-order valence-electron chi connectivity index (χ1n) is 4.55. The van der Waals surface area contributed by atoms with Gasteiger partial charge in [0.1, 0.15) is 12.4 Å². The predicted molar refractivity (Wildman–Crippen MR) is 53.7 cm³/mol. The number of ether oxygens (including phenoxy) is 1. The Morgan fingerprint density at radius 2 is 2.33 bits per heavy atom. The van der Waals surface area contributed by atoms with E-state index in [1.165, 1.54) is 19.1 Å². The molecule has 0 aliphatic heterocycles. The Bertz CT molecular complexity index is 504. The minimum atomic E-state index is -0.347. The van der Waals surface area contributed by atoms with Gasteiger partial charge in [0.15, 0.2) is 0 Å². The van der Waals surface area contributed by atoms with Crippen LogP contribution in [0.25, 0.3) is 10.9 Å². The number of esters is 1. The Morgan fingerprint density at radius 3 is 3.07 bits per heavy atom. The van der Waals surface area contributed by atoms with Gasteiger partial charge >= 0.3 is 5.97 Å². The Kier molecular flexibility index (Phi) is 2.41. The lowest BCUT2D eigenvalue weighted by atomic mass is 10.2. The average Bonchev–Trinajstić information content (AvgIpc) is 2.57. The third-order valence-corrected chi connectivity index (χ3v) is 2.16. The first-order chi connectivity index (χ1) is 7.16. The molecule has 1 aromatic carbocycles. The number of halogens is 1. The van der Waals surface area contributed by atoms with Crippen LogP contribution in [-0.4, -0.2) is 11.0 Å². The predicted octanol–water partition coefficient (Wildman–Crippen LogP) is 2.37. The lowest BCUT2D eigenvalue weighted by molar-refractivity contribution is -0.142. The van der Waals surface area contributed by atoms with Crippen molar-refractivity contribution in [3.63, 3.8) is 0 Å². The maximum absolute atomic E-state index is 13.0. The van der Waals surface area contributed by atoms with E-state index < -0.39 is 0 Å². The third-order valence-electron chi connectivity index (χ3n) is 2.16. The molecule has 78 valence electrons. The van der Waals surface area contributed by atoms with E-state index in [-0.39, 0.29) is 18.4 Å². The molecule has 0 atom stereocenters. The van der Waals surface area contributed by atoms with Gasteiger partial charge in [-0.15, -0.1) is 0 Å². The number of nitrogens with one attached hydrogen (secondary N) is 1. The summed E-state index contributed by atoms with van der Waals surface area (Å²) >= 11 is 0. The molecule has 0 saturated carbocycles. The number of carbonyl (C=O) groups excluding carboxylic acids is 1. The molecule has 0 amide bonds. The first-order valence-corrected chi connectivity index (χ1v) is 4.55. The molecule has 2 rings (SSSR count). The Morgan fingerprint density at radius 1 is 1.53 bits per heavy atom. The van der Waals surface area contributed by atoms with Crippen molar-refractivity contribution in [1.29, 1.82) is 0 Å². The van der Waals surface area contributed by atoms with Crippen molar-refractivity contribution in [1.82, 2.24) is 4.98 Å². The Labute approximate surface area is 85.9 Å². The van der Waals surface area contributed by atoms with E-state index in [4.69, 9.17) is 4.74 Å². The molecule has 1 heterocycles. The van der Waals surface area contributed by atoms with Crippen molar-refractivity contribution in [2.45, 2.75) is 13.5 Å². The van der Waals surface area contributed by atoms with Crippen LogP contribution in [0.5, 0.6) is 0 Å². The van der Waals surface area contributed by atoms with Gasteiger partial charge in [0.05, 0.1) is 0 Å². The minimum Gasteiger partial charge on any atom is -0.461 e. The van der Waals surface area contributed by atoms with Gasteiger partial charge in [-0.2, -0.15) is 0 Å². The van der Waals surface area contributed by atoms with Crippen LogP contribution in [-0.2, 0) is 16.1 Å². The van der Waals surface area contributed by atoms with Crippen LogP contribution in [0.1, 0.15) is 12.5 Å². The van der Waals surface area contributed by atoms with Crippen molar-refractivity contribution < 1.29 is 13.9 Å². The quantitative estimate of drug-likeness (QED) is 0.768. The fourth-order valence-corrected chi connectivity index (χ4v) is 1.45. The van der Waals surface area contributed by atoms with Crippen LogP contribution in [0, 0.1) is 5.82 Å². The summed E-state index contributed by atoms with van der Waals surface area (Å²) in [6.07, 6.45) is 1.72. The number of rotatable bonds is 2. The van der Waals surface area contributed by atoms with Gasteiger partial charge in [-0.3, -0.25) is 4.79 Å². The van der Waals surface area contributed by atoms with Gasteiger partial charge in [0.25, 0.3) is 0 Å². The van der Waals surface area contributed by atoms with Gasteiger partial charge in [-0.05, 0) is 18.2 Å². The van der Waals surface area contributed by atoms with E-state index in [0.29, 0.717) is 0 Å². The smallest absolute Gasteiger partial charge is 0.302 e. The maximum Gasteiger partial charge on any atom is 0.302 e. The molecule has 0 radical (unpaired) electrons. The summed E-state index contributed by atoms with van der Waals surface area (Å²) in [5, 5.41) is 0.747. The number of aromatic amines is 1. The molecule has 0 unspecified atom stereocenters. The maximum atomic E-state index is 13.0. The van der Waals surface area contributed by atoms with Gasteiger partial charge in [-0.1, -0.05) is 0 Å². The zero-order valence-corrected chi connectivity index (χ0v) is 8.21. The van der Waals surface area contributed by atoms with E-state index in [1.54, 1.807) is 12.3 Å². The lowest BCUT2D eigenvalue weighted by Crippen LogP contribution is -1.97. The van der Waals surface area contributed by atoms with Crippen molar-refractivity contribution >= 4 is 16.9 Å². The normalized spacial score (nSPS) is 10.5. The Balaban J connectivity index is 2.35. The second-order valence-electron chi connectivity index (χ2n) is 3.28. The highest BCUT2D eigenvalue weighted by Crippen LogP contribution is 2.19. The van der Waals surface area contributed by atoms with Crippen LogP contribution in [0.3, 0.4) is 0 Å². The summed E-state index contributed by atoms with van der Waals surface area (Å²) in [4.78, 5) is 13.6. The van der Waals surface area contributed by atoms with Crippen molar-refractivity contribution in [2.24, 2.45) is 0 Å². The second kappa shape index (κ2) is 3.73. The summed E-state index contributed by atoms with van der Waals surface area (Å²) in [6.45, 7) is 1.51. The van der Waals surface area contributed by atoms with Gasteiger partial charge in [-0.25, -0.2) is 4.39 Å². The van der Waals surface area contributed by atoms with Gasteiger partial charge < -0.3 is 9.72 Å². The van der Waals surface area contributed by atoms with Crippen molar-refractivity contribution in [3.8, 4) is 0 Å². The molecule has 0 saturated heterocycles.